The first-order valence-electron chi connectivity index (χ1n) is 4.92. The highest BCUT2D eigenvalue weighted by molar-refractivity contribution is 5.49. The first-order chi connectivity index (χ1) is 8.20. The molecule has 17 heavy (non-hydrogen) atoms. The van der Waals surface area contributed by atoms with Gasteiger partial charge in [-0.3, -0.25) is 0 Å². The zero-order valence-corrected chi connectivity index (χ0v) is 8.85. The third-order valence-corrected chi connectivity index (χ3v) is 2.17. The Morgan fingerprint density at radius 1 is 1.18 bits per heavy atom. The van der Waals surface area contributed by atoms with Gasteiger partial charge in [-0.25, -0.2) is 4.39 Å². The van der Waals surface area contributed by atoms with Crippen LogP contribution >= 0.6 is 0 Å². The van der Waals surface area contributed by atoms with Gasteiger partial charge in [0.05, 0.1) is 0 Å². The number of halogens is 1. The van der Waals surface area contributed by atoms with E-state index >= 15 is 0 Å². The molecule has 2 aromatic carbocycles. The van der Waals surface area contributed by atoms with Gasteiger partial charge in [0.15, 0.2) is 0 Å². The summed E-state index contributed by atoms with van der Waals surface area (Å²) in [5, 5.41) is 8.84. The number of benzene rings is 2. The van der Waals surface area contributed by atoms with Crippen molar-refractivity contribution in [2.24, 2.45) is 0 Å². The van der Waals surface area contributed by atoms with Crippen LogP contribution in [0.1, 0.15) is 5.56 Å². The predicted molar refractivity (Wildman–Crippen MR) is 62.0 cm³/mol. The normalized spacial score (nSPS) is 9.65. The van der Waals surface area contributed by atoms with Crippen molar-refractivity contribution in [3.8, 4) is 17.6 Å². The molecule has 0 amide bonds. The minimum Gasteiger partial charge on any atom is -0.456 e. The summed E-state index contributed by atoms with van der Waals surface area (Å²) in [7, 11) is 0. The molecule has 0 aromatic heterocycles. The maximum atomic E-state index is 13.3. The van der Waals surface area contributed by atoms with Crippen LogP contribution in [0.4, 0.5) is 10.1 Å². The summed E-state index contributed by atoms with van der Waals surface area (Å²) in [6.07, 6.45) is 0. The molecule has 0 aliphatic carbocycles. The molecule has 0 unspecified atom stereocenters. The third-order valence-electron chi connectivity index (χ3n) is 2.17. The first kappa shape index (κ1) is 11.0. The Balaban J connectivity index is 2.37. The Morgan fingerprint density at radius 2 is 1.94 bits per heavy atom. The van der Waals surface area contributed by atoms with E-state index in [0.29, 0.717) is 11.4 Å². The molecular formula is C13H9FN2O. The van der Waals surface area contributed by atoms with Crippen molar-refractivity contribution >= 4 is 5.69 Å². The standard InChI is InChI=1S/C13H9FN2O/c14-12-5-2-6-13(11(12)8-15)17-10-4-1-3-9(16)7-10/h1-7H,16H2. The molecule has 3 nitrogen and oxygen atoms in total. The van der Waals surface area contributed by atoms with Gasteiger partial charge in [-0.2, -0.15) is 5.26 Å². The maximum absolute atomic E-state index is 13.3. The number of hydrogen-bond acceptors (Lipinski definition) is 3. The van der Waals surface area contributed by atoms with Gasteiger partial charge in [-0.05, 0) is 24.3 Å². The van der Waals surface area contributed by atoms with Gasteiger partial charge in [0.25, 0.3) is 0 Å². The van der Waals surface area contributed by atoms with Crippen LogP contribution in [0.2, 0.25) is 0 Å². The van der Waals surface area contributed by atoms with Crippen molar-refractivity contribution in [3.05, 3.63) is 53.8 Å². The molecule has 0 bridgehead atoms. The van der Waals surface area contributed by atoms with E-state index in [2.05, 4.69) is 0 Å². The smallest absolute Gasteiger partial charge is 0.148 e. The second-order valence-corrected chi connectivity index (χ2v) is 3.40. The second kappa shape index (κ2) is 4.54. The zero-order chi connectivity index (χ0) is 12.3. The van der Waals surface area contributed by atoms with E-state index in [4.69, 9.17) is 15.7 Å². The Bertz CT molecular complexity index is 590. The van der Waals surface area contributed by atoms with Gasteiger partial charge in [0, 0.05) is 11.8 Å². The average molecular weight is 228 g/mol. The fourth-order valence-electron chi connectivity index (χ4n) is 1.40. The van der Waals surface area contributed by atoms with E-state index in [1.165, 1.54) is 18.2 Å². The van der Waals surface area contributed by atoms with Gasteiger partial charge in [-0.1, -0.05) is 12.1 Å². The largest absolute Gasteiger partial charge is 0.456 e. The highest BCUT2D eigenvalue weighted by Gasteiger charge is 2.09. The lowest BCUT2D eigenvalue weighted by atomic mass is 10.2. The molecule has 0 radical (unpaired) electrons. The number of nitrogens with two attached hydrogens (primary N) is 1. The molecule has 84 valence electrons. The molecule has 4 heteroatoms. The van der Waals surface area contributed by atoms with E-state index in [1.807, 2.05) is 0 Å². The van der Waals surface area contributed by atoms with Gasteiger partial charge >= 0.3 is 0 Å². The molecule has 0 aliphatic rings. The predicted octanol–water partition coefficient (Wildman–Crippen LogP) is 3.07. The van der Waals surface area contributed by atoms with E-state index < -0.39 is 5.82 Å². The van der Waals surface area contributed by atoms with Crippen molar-refractivity contribution in [1.82, 2.24) is 0 Å². The number of hydrogen-bond donors (Lipinski definition) is 1. The summed E-state index contributed by atoms with van der Waals surface area (Å²) in [5.41, 5.74) is 6.02. The summed E-state index contributed by atoms with van der Waals surface area (Å²) in [6, 6.07) is 12.7. The van der Waals surface area contributed by atoms with Crippen LogP contribution in [0, 0.1) is 17.1 Å². The van der Waals surface area contributed by atoms with E-state index in [1.54, 1.807) is 30.3 Å². The van der Waals surface area contributed by atoms with Crippen LogP contribution in [0.3, 0.4) is 0 Å². The van der Waals surface area contributed by atoms with E-state index in [-0.39, 0.29) is 11.3 Å². The molecule has 0 heterocycles. The van der Waals surface area contributed by atoms with Crippen molar-refractivity contribution in [2.45, 2.75) is 0 Å². The van der Waals surface area contributed by atoms with Crippen LogP contribution < -0.4 is 10.5 Å². The Labute approximate surface area is 97.9 Å². The number of nitriles is 1. The van der Waals surface area contributed by atoms with Crippen molar-refractivity contribution in [1.29, 1.82) is 5.26 Å². The van der Waals surface area contributed by atoms with Crippen LogP contribution in [-0.2, 0) is 0 Å². The number of nitrogen functional groups attached to an aromatic ring is 1. The summed E-state index contributed by atoms with van der Waals surface area (Å²) >= 11 is 0. The Morgan fingerprint density at radius 3 is 2.65 bits per heavy atom. The van der Waals surface area contributed by atoms with Crippen molar-refractivity contribution in [2.75, 3.05) is 5.73 Å². The first-order valence-corrected chi connectivity index (χ1v) is 4.92. The zero-order valence-electron chi connectivity index (χ0n) is 8.85. The number of ether oxygens (including phenoxy) is 1. The quantitative estimate of drug-likeness (QED) is 0.803. The van der Waals surface area contributed by atoms with Crippen LogP contribution in [0.25, 0.3) is 0 Å². The van der Waals surface area contributed by atoms with Crippen molar-refractivity contribution in [3.63, 3.8) is 0 Å². The Kier molecular flexibility index (Phi) is 2.93. The highest BCUT2D eigenvalue weighted by Crippen LogP contribution is 2.27. The monoisotopic (exact) mass is 228 g/mol. The second-order valence-electron chi connectivity index (χ2n) is 3.40. The van der Waals surface area contributed by atoms with Gasteiger partial charge < -0.3 is 10.5 Å². The van der Waals surface area contributed by atoms with Gasteiger partial charge in [0.2, 0.25) is 0 Å². The summed E-state index contributed by atoms with van der Waals surface area (Å²) < 4.78 is 18.7. The summed E-state index contributed by atoms with van der Waals surface area (Å²) in [4.78, 5) is 0. The molecule has 0 saturated carbocycles. The fourth-order valence-corrected chi connectivity index (χ4v) is 1.40. The lowest BCUT2D eigenvalue weighted by molar-refractivity contribution is 0.474. The average Bonchev–Trinajstić information content (AvgIpc) is 2.29. The van der Waals surface area contributed by atoms with Crippen molar-refractivity contribution < 1.29 is 9.13 Å². The molecular weight excluding hydrogens is 219 g/mol. The molecule has 0 fully saturated rings. The highest BCUT2D eigenvalue weighted by atomic mass is 19.1. The molecule has 2 aromatic rings. The number of rotatable bonds is 2. The summed E-state index contributed by atoms with van der Waals surface area (Å²) in [6.45, 7) is 0. The maximum Gasteiger partial charge on any atom is 0.148 e. The van der Waals surface area contributed by atoms with Crippen LogP contribution in [-0.4, -0.2) is 0 Å². The third kappa shape index (κ3) is 2.34. The molecule has 2 rings (SSSR count). The van der Waals surface area contributed by atoms with Gasteiger partial charge in [-0.15, -0.1) is 0 Å². The van der Waals surface area contributed by atoms with Crippen LogP contribution in [0.15, 0.2) is 42.5 Å². The molecule has 0 spiro atoms. The SMILES string of the molecule is N#Cc1c(F)cccc1Oc1cccc(N)c1. The Hall–Kier alpha value is -2.54. The van der Waals surface area contributed by atoms with E-state index in [9.17, 15) is 4.39 Å². The lowest BCUT2D eigenvalue weighted by Crippen LogP contribution is -1.92. The topological polar surface area (TPSA) is 59.0 Å². The molecule has 0 aliphatic heterocycles. The summed E-state index contributed by atoms with van der Waals surface area (Å²) in [5.74, 6) is 0.0408. The van der Waals surface area contributed by atoms with E-state index in [0.717, 1.165) is 0 Å². The fraction of sp³-hybridized carbons (Fsp3) is 0. The minimum absolute atomic E-state index is 0.116. The van der Waals surface area contributed by atoms with Crippen LogP contribution in [0.5, 0.6) is 11.5 Å². The molecule has 0 saturated heterocycles. The molecule has 2 N–H and O–H groups in total. The number of anilines is 1. The molecule has 0 atom stereocenters. The minimum atomic E-state index is -0.603. The van der Waals surface area contributed by atoms with Gasteiger partial charge in [0.1, 0.15) is 28.9 Å². The lowest BCUT2D eigenvalue weighted by Gasteiger charge is -2.07. The number of nitrogens with zero attached hydrogens (tertiary/aromatic N) is 1.